The van der Waals surface area contributed by atoms with Gasteiger partial charge in [-0.25, -0.2) is 0 Å². The first-order chi connectivity index (χ1) is 8.29. The molecular formula is C15H22N2. The lowest BCUT2D eigenvalue weighted by Crippen LogP contribution is -2.36. The van der Waals surface area contributed by atoms with Gasteiger partial charge in [0.15, 0.2) is 0 Å². The third-order valence-corrected chi connectivity index (χ3v) is 3.50. The molecule has 1 aliphatic heterocycles. The van der Waals surface area contributed by atoms with Gasteiger partial charge in [0.2, 0.25) is 0 Å². The van der Waals surface area contributed by atoms with Crippen LogP contribution < -0.4 is 5.32 Å². The van der Waals surface area contributed by atoms with Gasteiger partial charge >= 0.3 is 0 Å². The quantitative estimate of drug-likeness (QED) is 0.799. The number of likely N-dealkylation sites (N-methyl/N-ethyl adjacent to an activating group) is 1. The van der Waals surface area contributed by atoms with Crippen molar-refractivity contribution in [2.24, 2.45) is 0 Å². The highest BCUT2D eigenvalue weighted by Gasteiger charge is 2.15. The number of nitrogens with one attached hydrogen (secondary N) is 1. The van der Waals surface area contributed by atoms with Crippen LogP contribution in [0.5, 0.6) is 0 Å². The highest BCUT2D eigenvalue weighted by Crippen LogP contribution is 2.15. The Hall–Kier alpha value is -1.12. The van der Waals surface area contributed by atoms with E-state index in [1.165, 1.54) is 24.1 Å². The van der Waals surface area contributed by atoms with Gasteiger partial charge in [-0.1, -0.05) is 36.4 Å². The van der Waals surface area contributed by atoms with Crippen molar-refractivity contribution in [2.75, 3.05) is 20.1 Å². The van der Waals surface area contributed by atoms with Crippen LogP contribution in [0.15, 0.2) is 42.0 Å². The van der Waals surface area contributed by atoms with E-state index in [0.29, 0.717) is 6.04 Å². The van der Waals surface area contributed by atoms with Crippen molar-refractivity contribution >= 4 is 0 Å². The van der Waals surface area contributed by atoms with E-state index in [9.17, 15) is 0 Å². The average molecular weight is 230 g/mol. The summed E-state index contributed by atoms with van der Waals surface area (Å²) >= 11 is 0. The van der Waals surface area contributed by atoms with Crippen LogP contribution in [0.1, 0.15) is 18.9 Å². The Kier molecular flexibility index (Phi) is 4.35. The summed E-state index contributed by atoms with van der Waals surface area (Å²) in [4.78, 5) is 2.53. The van der Waals surface area contributed by atoms with Crippen LogP contribution in [0.25, 0.3) is 0 Å². The molecular weight excluding hydrogens is 208 g/mol. The minimum atomic E-state index is 0.494. The van der Waals surface area contributed by atoms with Crippen molar-refractivity contribution in [2.45, 2.75) is 25.9 Å². The molecule has 0 spiro atoms. The Bertz CT molecular complexity index is 370. The van der Waals surface area contributed by atoms with Crippen molar-refractivity contribution in [1.82, 2.24) is 10.2 Å². The molecule has 1 aromatic carbocycles. The lowest BCUT2D eigenvalue weighted by molar-refractivity contribution is 0.275. The first-order valence-electron chi connectivity index (χ1n) is 6.42. The molecule has 1 heterocycles. The standard InChI is InChI=1S/C15H22N2/c1-13(16-2)15-9-6-10-17(12-15)11-14-7-4-3-5-8-14/h3-5,7-9,13,16H,6,10-12H2,1-2H3. The second kappa shape index (κ2) is 5.99. The number of nitrogens with zero attached hydrogens (tertiary/aromatic N) is 1. The van der Waals surface area contributed by atoms with E-state index in [4.69, 9.17) is 0 Å². The summed E-state index contributed by atoms with van der Waals surface area (Å²) in [6.07, 6.45) is 3.57. The molecule has 17 heavy (non-hydrogen) atoms. The van der Waals surface area contributed by atoms with Gasteiger partial charge in [0, 0.05) is 25.7 Å². The number of benzene rings is 1. The first-order valence-corrected chi connectivity index (χ1v) is 6.42. The Labute approximate surface area is 104 Å². The van der Waals surface area contributed by atoms with Gasteiger partial charge in [0.05, 0.1) is 0 Å². The van der Waals surface area contributed by atoms with Crippen LogP contribution in [0, 0.1) is 0 Å². The van der Waals surface area contributed by atoms with E-state index < -0.39 is 0 Å². The van der Waals surface area contributed by atoms with E-state index in [0.717, 1.165) is 13.1 Å². The third-order valence-electron chi connectivity index (χ3n) is 3.50. The van der Waals surface area contributed by atoms with Gasteiger partial charge in [0.1, 0.15) is 0 Å². The largest absolute Gasteiger partial charge is 0.313 e. The highest BCUT2D eigenvalue weighted by atomic mass is 15.1. The van der Waals surface area contributed by atoms with E-state index in [2.05, 4.69) is 53.5 Å². The predicted octanol–water partition coefficient (Wildman–Crippen LogP) is 2.43. The minimum Gasteiger partial charge on any atom is -0.313 e. The fraction of sp³-hybridized carbons (Fsp3) is 0.467. The Balaban J connectivity index is 1.94. The average Bonchev–Trinajstić information content (AvgIpc) is 2.39. The predicted molar refractivity (Wildman–Crippen MR) is 72.9 cm³/mol. The van der Waals surface area contributed by atoms with Crippen molar-refractivity contribution in [1.29, 1.82) is 0 Å². The normalized spacial score (nSPS) is 18.8. The van der Waals surface area contributed by atoms with Crippen LogP contribution in [0.4, 0.5) is 0 Å². The molecule has 0 bridgehead atoms. The van der Waals surface area contributed by atoms with Crippen molar-refractivity contribution in [3.05, 3.63) is 47.5 Å². The van der Waals surface area contributed by atoms with E-state index in [-0.39, 0.29) is 0 Å². The first kappa shape index (κ1) is 12.3. The van der Waals surface area contributed by atoms with E-state index in [1.54, 1.807) is 0 Å². The summed E-state index contributed by atoms with van der Waals surface area (Å²) in [5, 5.41) is 3.32. The Morgan fingerprint density at radius 1 is 1.29 bits per heavy atom. The highest BCUT2D eigenvalue weighted by molar-refractivity contribution is 5.18. The molecule has 92 valence electrons. The molecule has 1 atom stereocenters. The van der Waals surface area contributed by atoms with Crippen LogP contribution in [-0.4, -0.2) is 31.1 Å². The molecule has 0 fully saturated rings. The van der Waals surface area contributed by atoms with Crippen molar-refractivity contribution in [3.8, 4) is 0 Å². The van der Waals surface area contributed by atoms with Gasteiger partial charge in [-0.3, -0.25) is 4.90 Å². The zero-order valence-electron chi connectivity index (χ0n) is 10.8. The summed E-state index contributed by atoms with van der Waals surface area (Å²) in [5.41, 5.74) is 2.93. The van der Waals surface area contributed by atoms with Crippen molar-refractivity contribution < 1.29 is 0 Å². The molecule has 1 aliphatic rings. The topological polar surface area (TPSA) is 15.3 Å². The molecule has 0 amide bonds. The molecule has 0 saturated heterocycles. The summed E-state index contributed by atoms with van der Waals surface area (Å²) in [7, 11) is 2.03. The minimum absolute atomic E-state index is 0.494. The molecule has 2 rings (SSSR count). The zero-order chi connectivity index (χ0) is 12.1. The molecule has 2 nitrogen and oxygen atoms in total. The lowest BCUT2D eigenvalue weighted by atomic mass is 10.0. The summed E-state index contributed by atoms with van der Waals surface area (Å²) in [5.74, 6) is 0. The maximum Gasteiger partial charge on any atom is 0.0260 e. The Morgan fingerprint density at radius 3 is 2.76 bits per heavy atom. The van der Waals surface area contributed by atoms with Gasteiger partial charge in [-0.15, -0.1) is 0 Å². The zero-order valence-corrected chi connectivity index (χ0v) is 10.8. The van der Waals surface area contributed by atoms with Crippen molar-refractivity contribution in [3.63, 3.8) is 0 Å². The Morgan fingerprint density at radius 2 is 2.06 bits per heavy atom. The number of hydrogen-bond donors (Lipinski definition) is 1. The molecule has 2 heteroatoms. The molecule has 0 aromatic heterocycles. The van der Waals surface area contributed by atoms with Gasteiger partial charge < -0.3 is 5.32 Å². The second-order valence-electron chi connectivity index (χ2n) is 4.77. The van der Waals surface area contributed by atoms with Crippen LogP contribution in [0.2, 0.25) is 0 Å². The second-order valence-corrected chi connectivity index (χ2v) is 4.77. The molecule has 1 aromatic rings. The fourth-order valence-electron chi connectivity index (χ4n) is 2.31. The smallest absolute Gasteiger partial charge is 0.0260 e. The number of rotatable bonds is 4. The fourth-order valence-corrected chi connectivity index (χ4v) is 2.31. The number of hydrogen-bond acceptors (Lipinski definition) is 2. The van der Waals surface area contributed by atoms with Gasteiger partial charge in [-0.05, 0) is 31.5 Å². The van der Waals surface area contributed by atoms with Gasteiger partial charge in [0.25, 0.3) is 0 Å². The third kappa shape index (κ3) is 3.42. The summed E-state index contributed by atoms with van der Waals surface area (Å²) in [6.45, 7) is 5.57. The van der Waals surface area contributed by atoms with Crippen LogP contribution >= 0.6 is 0 Å². The lowest BCUT2D eigenvalue weighted by Gasteiger charge is -2.29. The maximum atomic E-state index is 3.32. The van der Waals surface area contributed by atoms with Gasteiger partial charge in [-0.2, -0.15) is 0 Å². The van der Waals surface area contributed by atoms with E-state index >= 15 is 0 Å². The monoisotopic (exact) mass is 230 g/mol. The summed E-state index contributed by atoms with van der Waals surface area (Å²) in [6, 6.07) is 11.2. The molecule has 0 aliphatic carbocycles. The summed E-state index contributed by atoms with van der Waals surface area (Å²) < 4.78 is 0. The van der Waals surface area contributed by atoms with Crippen LogP contribution in [-0.2, 0) is 6.54 Å². The molecule has 1 N–H and O–H groups in total. The van der Waals surface area contributed by atoms with E-state index in [1.807, 2.05) is 7.05 Å². The maximum absolute atomic E-state index is 3.32. The molecule has 1 unspecified atom stereocenters. The molecule has 0 radical (unpaired) electrons. The SMILES string of the molecule is CNC(C)C1=CCCN(Cc2ccccc2)C1. The molecule has 0 saturated carbocycles. The van der Waals surface area contributed by atoms with Crippen LogP contribution in [0.3, 0.4) is 0 Å².